The molecule has 0 unspecified atom stereocenters. The van der Waals surface area contributed by atoms with Crippen molar-refractivity contribution in [3.63, 3.8) is 0 Å². The second kappa shape index (κ2) is 2.88. The quantitative estimate of drug-likeness (QED) is 0.498. The molecule has 1 aliphatic heterocycles. The van der Waals surface area contributed by atoms with Crippen molar-refractivity contribution in [2.45, 2.75) is 37.3 Å². The lowest BCUT2D eigenvalue weighted by atomic mass is 11.0. The van der Waals surface area contributed by atoms with Crippen LogP contribution in [-0.4, -0.2) is 15.5 Å². The highest BCUT2D eigenvalue weighted by atomic mass is 79.9. The van der Waals surface area contributed by atoms with E-state index in [2.05, 4.69) is 29.1 Å². The molecule has 0 aliphatic carbocycles. The monoisotopic (exact) mass is 221 g/mol. The van der Waals surface area contributed by atoms with Gasteiger partial charge in [-0.25, -0.2) is 0 Å². The van der Waals surface area contributed by atoms with Crippen LogP contribution in [0.5, 0.6) is 0 Å². The third-order valence-electron chi connectivity index (χ3n) is 2.27. The summed E-state index contributed by atoms with van der Waals surface area (Å²) in [5.41, 5.74) is 3.29. The van der Waals surface area contributed by atoms with E-state index in [1.165, 1.54) is 12.1 Å². The average molecular weight is 222 g/mol. The van der Waals surface area contributed by atoms with Gasteiger partial charge in [-0.3, -0.25) is 0 Å². The highest BCUT2D eigenvalue weighted by Crippen LogP contribution is 2.40. The topological polar surface area (TPSA) is 0 Å². The largest absolute Gasteiger partial charge is 0.127 e. The lowest BCUT2D eigenvalue weighted by molar-refractivity contribution is 1.27. The van der Waals surface area contributed by atoms with Gasteiger partial charge >= 0.3 is 0 Å². The summed E-state index contributed by atoms with van der Waals surface area (Å²) in [5.74, 6) is 0. The van der Waals surface area contributed by atoms with Gasteiger partial charge < -0.3 is 0 Å². The summed E-state index contributed by atoms with van der Waals surface area (Å²) in [5, 5.41) is 0. The SMILES string of the molecule is CC[Si]1C[Si](Br)(CC)C1. The smallest absolute Gasteiger partial charge is 0.124 e. The Bertz CT molecular complexity index is 99.2. The Kier molecular flexibility index (Phi) is 2.57. The molecule has 1 radical (unpaired) electrons. The zero-order valence-electron chi connectivity index (χ0n) is 6.21. The van der Waals surface area contributed by atoms with Gasteiger partial charge in [0.05, 0.1) is 0 Å². The molecule has 0 amide bonds. The van der Waals surface area contributed by atoms with Crippen LogP contribution in [0.25, 0.3) is 0 Å². The van der Waals surface area contributed by atoms with Crippen molar-refractivity contribution in [2.75, 3.05) is 0 Å². The van der Waals surface area contributed by atoms with Crippen molar-refractivity contribution in [1.29, 1.82) is 0 Å². The van der Waals surface area contributed by atoms with Crippen molar-refractivity contribution >= 4 is 30.8 Å². The normalized spacial score (nSPS) is 25.7. The third kappa shape index (κ3) is 1.68. The van der Waals surface area contributed by atoms with E-state index < -0.39 is 6.69 Å². The molecule has 0 aromatic carbocycles. The predicted molar refractivity (Wildman–Crippen MR) is 51.0 cm³/mol. The van der Waals surface area contributed by atoms with E-state index in [9.17, 15) is 0 Å². The minimum atomic E-state index is -0.697. The van der Waals surface area contributed by atoms with E-state index in [0.717, 1.165) is 0 Å². The molecule has 0 N–H and O–H groups in total. The third-order valence-corrected chi connectivity index (χ3v) is 20.3. The van der Waals surface area contributed by atoms with Crippen LogP contribution in [0.2, 0.25) is 23.4 Å². The summed E-state index contributed by atoms with van der Waals surface area (Å²) in [6.07, 6.45) is 0. The minimum Gasteiger partial charge on any atom is -0.127 e. The van der Waals surface area contributed by atoms with Crippen molar-refractivity contribution in [1.82, 2.24) is 0 Å². The van der Waals surface area contributed by atoms with Gasteiger partial charge in [-0.1, -0.05) is 37.3 Å². The Morgan fingerprint density at radius 2 is 2.00 bits per heavy atom. The predicted octanol–water partition coefficient (Wildman–Crippen LogP) is 2.95. The van der Waals surface area contributed by atoms with Crippen molar-refractivity contribution < 1.29 is 0 Å². The molecule has 0 spiro atoms. The van der Waals surface area contributed by atoms with Crippen LogP contribution in [0.15, 0.2) is 0 Å². The highest BCUT2D eigenvalue weighted by Gasteiger charge is 2.42. The molecule has 9 heavy (non-hydrogen) atoms. The zero-order chi connectivity index (χ0) is 6.91. The average Bonchev–Trinajstić information content (AvgIpc) is 1.81. The van der Waals surface area contributed by atoms with E-state index in [4.69, 9.17) is 0 Å². The molecule has 0 aromatic rings. The molecule has 0 aromatic heterocycles. The number of hydrogen-bond donors (Lipinski definition) is 0. The number of rotatable bonds is 2. The molecule has 1 aliphatic rings. The van der Waals surface area contributed by atoms with Gasteiger partial charge in [0.25, 0.3) is 0 Å². The molecule has 1 fully saturated rings. The van der Waals surface area contributed by atoms with E-state index in [0.29, 0.717) is 0 Å². The Hall–Kier alpha value is 0.914. The molecule has 0 atom stereocenters. The van der Waals surface area contributed by atoms with Crippen LogP contribution >= 0.6 is 15.3 Å². The van der Waals surface area contributed by atoms with Gasteiger partial charge in [-0.15, -0.1) is 15.3 Å². The highest BCUT2D eigenvalue weighted by molar-refractivity contribution is 9.26. The first-order valence-corrected chi connectivity index (χ1v) is 10.7. The summed E-state index contributed by atoms with van der Waals surface area (Å²) in [4.78, 5) is 0. The van der Waals surface area contributed by atoms with E-state index in [1.54, 1.807) is 11.3 Å². The summed E-state index contributed by atoms with van der Waals surface area (Å²) < 4.78 is 0. The second-order valence-electron chi connectivity index (χ2n) is 2.96. The van der Waals surface area contributed by atoms with Crippen LogP contribution in [-0.2, 0) is 0 Å². The molecule has 0 nitrogen and oxygen atoms in total. The van der Waals surface area contributed by atoms with Crippen LogP contribution in [0.4, 0.5) is 0 Å². The molecule has 0 saturated carbocycles. The Morgan fingerprint density at radius 3 is 2.33 bits per heavy atom. The first kappa shape index (κ1) is 8.01. The van der Waals surface area contributed by atoms with Gasteiger partial charge in [0.2, 0.25) is 0 Å². The molecule has 0 bridgehead atoms. The van der Waals surface area contributed by atoms with Crippen LogP contribution in [0.3, 0.4) is 0 Å². The molecule has 1 heterocycles. The second-order valence-corrected chi connectivity index (χ2v) is 16.1. The standard InChI is InChI=1S/C6H14BrSi2/c1-3-8-5-9(7,4-2)6-8/h3-6H2,1-2H3. The molecule has 3 heteroatoms. The minimum absolute atomic E-state index is 0.209. The van der Waals surface area contributed by atoms with Gasteiger partial charge in [-0.2, -0.15) is 0 Å². The Labute approximate surface area is 68.2 Å². The van der Waals surface area contributed by atoms with Gasteiger partial charge in [0.1, 0.15) is 6.69 Å². The maximum Gasteiger partial charge on any atom is 0.124 e. The zero-order valence-corrected chi connectivity index (χ0v) is 9.79. The first-order chi connectivity index (χ1) is 4.20. The van der Waals surface area contributed by atoms with Crippen molar-refractivity contribution in [2.24, 2.45) is 0 Å². The lowest BCUT2D eigenvalue weighted by Gasteiger charge is -2.39. The molecule has 53 valence electrons. The van der Waals surface area contributed by atoms with Gasteiger partial charge in [-0.05, 0) is 0 Å². The van der Waals surface area contributed by atoms with E-state index >= 15 is 0 Å². The fourth-order valence-electron chi connectivity index (χ4n) is 1.34. The summed E-state index contributed by atoms with van der Waals surface area (Å²) >= 11 is 3.91. The Balaban J connectivity index is 2.24. The summed E-state index contributed by atoms with van der Waals surface area (Å²) in [6, 6.07) is 2.96. The lowest BCUT2D eigenvalue weighted by Crippen LogP contribution is -2.47. The molecule has 1 rings (SSSR count). The van der Waals surface area contributed by atoms with Crippen molar-refractivity contribution in [3.05, 3.63) is 0 Å². The van der Waals surface area contributed by atoms with Gasteiger partial charge in [0.15, 0.2) is 0 Å². The molecule has 1 saturated heterocycles. The maximum absolute atomic E-state index is 3.91. The van der Waals surface area contributed by atoms with Crippen LogP contribution < -0.4 is 0 Å². The first-order valence-electron chi connectivity index (χ1n) is 3.72. The maximum atomic E-state index is 3.91. The van der Waals surface area contributed by atoms with Crippen molar-refractivity contribution in [3.8, 4) is 0 Å². The van der Waals surface area contributed by atoms with Crippen LogP contribution in [0, 0.1) is 0 Å². The molecular weight excluding hydrogens is 208 g/mol. The van der Waals surface area contributed by atoms with Crippen LogP contribution in [0.1, 0.15) is 13.8 Å². The fraction of sp³-hybridized carbons (Fsp3) is 1.00. The van der Waals surface area contributed by atoms with E-state index in [-0.39, 0.29) is 8.80 Å². The van der Waals surface area contributed by atoms with Gasteiger partial charge in [0, 0.05) is 8.80 Å². The summed E-state index contributed by atoms with van der Waals surface area (Å²) in [6.45, 7) is 4.00. The number of halogens is 1. The summed E-state index contributed by atoms with van der Waals surface area (Å²) in [7, 11) is 0.209. The van der Waals surface area contributed by atoms with E-state index in [1.807, 2.05) is 0 Å². The Morgan fingerprint density at radius 1 is 1.44 bits per heavy atom. The fourth-order valence-corrected chi connectivity index (χ4v) is 19.2. The number of hydrogen-bond acceptors (Lipinski definition) is 0. The molecular formula is C6H14BrSi2.